The lowest BCUT2D eigenvalue weighted by Gasteiger charge is -2.14. The van der Waals surface area contributed by atoms with Crippen molar-refractivity contribution in [1.29, 1.82) is 0 Å². The lowest BCUT2D eigenvalue weighted by atomic mass is 10.1. The van der Waals surface area contributed by atoms with Crippen LogP contribution in [0.3, 0.4) is 0 Å². The highest BCUT2D eigenvalue weighted by Crippen LogP contribution is 2.35. The van der Waals surface area contributed by atoms with Crippen LogP contribution in [0.1, 0.15) is 31.8 Å². The Bertz CT molecular complexity index is 1160. The fourth-order valence-corrected chi connectivity index (χ4v) is 3.18. The predicted octanol–water partition coefficient (Wildman–Crippen LogP) is 7.54. The SMILES string of the molecule is O=C(Nc1cc(C(F)(F)F)ccc1Cl)c1ccccc1C(=O)Nc1cc(C(F)(F)F)ccc1Cl. The standard InChI is InChI=1S/C22H12Cl2F6N2O2/c23-15-7-5-11(21(25,26)27)9-17(15)31-19(33)13-3-1-2-4-14(13)20(34)32-18-10-12(22(28,29)30)6-8-16(18)24/h1-10H,(H,31,33)(H,32,34). The van der Waals surface area contributed by atoms with Gasteiger partial charge in [0.05, 0.1) is 43.7 Å². The monoisotopic (exact) mass is 520 g/mol. The molecule has 12 heteroatoms. The average Bonchev–Trinajstić information content (AvgIpc) is 2.75. The van der Waals surface area contributed by atoms with Crippen LogP contribution in [-0.4, -0.2) is 11.8 Å². The summed E-state index contributed by atoms with van der Waals surface area (Å²) in [4.78, 5) is 25.5. The Morgan fingerprint density at radius 2 is 0.971 bits per heavy atom. The first-order valence-electron chi connectivity index (χ1n) is 9.22. The van der Waals surface area contributed by atoms with Gasteiger partial charge < -0.3 is 10.6 Å². The number of amides is 2. The van der Waals surface area contributed by atoms with E-state index >= 15 is 0 Å². The molecule has 2 amide bonds. The van der Waals surface area contributed by atoms with Crippen LogP contribution >= 0.6 is 23.2 Å². The highest BCUT2D eigenvalue weighted by atomic mass is 35.5. The molecule has 0 saturated carbocycles. The molecule has 0 atom stereocenters. The predicted molar refractivity (Wildman–Crippen MR) is 115 cm³/mol. The Morgan fingerprint density at radius 1 is 0.618 bits per heavy atom. The Hall–Kier alpha value is -3.24. The van der Waals surface area contributed by atoms with Crippen LogP contribution in [0.4, 0.5) is 37.7 Å². The minimum absolute atomic E-state index is 0.181. The second kappa shape index (κ2) is 9.55. The Kier molecular flexibility index (Phi) is 7.13. The van der Waals surface area contributed by atoms with Crippen LogP contribution in [-0.2, 0) is 12.4 Å². The highest BCUT2D eigenvalue weighted by molar-refractivity contribution is 6.34. The molecule has 0 aromatic heterocycles. The van der Waals surface area contributed by atoms with Crippen molar-refractivity contribution in [3.05, 3.63) is 93.0 Å². The third kappa shape index (κ3) is 5.81. The molecule has 0 aliphatic rings. The van der Waals surface area contributed by atoms with Gasteiger partial charge in [0.1, 0.15) is 0 Å². The summed E-state index contributed by atoms with van der Waals surface area (Å²) in [5.41, 5.74) is -3.35. The second-order valence-corrected chi connectivity index (χ2v) is 7.65. The van der Waals surface area contributed by atoms with Gasteiger partial charge in [0, 0.05) is 0 Å². The first-order valence-corrected chi connectivity index (χ1v) is 9.98. The summed E-state index contributed by atoms with van der Waals surface area (Å²) in [6.45, 7) is 0. The fraction of sp³-hybridized carbons (Fsp3) is 0.0909. The van der Waals surface area contributed by atoms with Crippen LogP contribution in [0.25, 0.3) is 0 Å². The molecule has 0 bridgehead atoms. The maximum Gasteiger partial charge on any atom is 0.416 e. The zero-order chi connectivity index (χ0) is 25.3. The summed E-state index contributed by atoms with van der Waals surface area (Å²) in [7, 11) is 0. The maximum atomic E-state index is 13.0. The molecule has 3 aromatic rings. The lowest BCUT2D eigenvalue weighted by Crippen LogP contribution is -2.21. The fourth-order valence-electron chi connectivity index (χ4n) is 2.85. The van der Waals surface area contributed by atoms with Crippen molar-refractivity contribution in [1.82, 2.24) is 0 Å². The summed E-state index contributed by atoms with van der Waals surface area (Å²) in [5.74, 6) is -1.94. The molecule has 0 aliphatic heterocycles. The van der Waals surface area contributed by atoms with Crippen LogP contribution < -0.4 is 10.6 Å². The third-order valence-electron chi connectivity index (χ3n) is 4.50. The molecule has 4 nitrogen and oxygen atoms in total. The van der Waals surface area contributed by atoms with E-state index in [0.29, 0.717) is 12.1 Å². The number of carbonyl (C=O) groups is 2. The second-order valence-electron chi connectivity index (χ2n) is 6.84. The molecule has 0 fully saturated rings. The Balaban J connectivity index is 1.90. The highest BCUT2D eigenvalue weighted by Gasteiger charge is 2.32. The molecule has 0 spiro atoms. The number of carbonyl (C=O) groups excluding carboxylic acids is 2. The largest absolute Gasteiger partial charge is 0.416 e. The maximum absolute atomic E-state index is 13.0. The molecule has 0 radical (unpaired) electrons. The zero-order valence-electron chi connectivity index (χ0n) is 16.6. The number of hydrogen-bond donors (Lipinski definition) is 2. The molecular formula is C22H12Cl2F6N2O2. The number of alkyl halides is 6. The van der Waals surface area contributed by atoms with Gasteiger partial charge >= 0.3 is 12.4 Å². The third-order valence-corrected chi connectivity index (χ3v) is 5.16. The number of rotatable bonds is 4. The van der Waals surface area contributed by atoms with E-state index in [1.54, 1.807) is 0 Å². The van der Waals surface area contributed by atoms with Crippen molar-refractivity contribution in [2.24, 2.45) is 0 Å². The van der Waals surface area contributed by atoms with Crippen LogP contribution in [0, 0.1) is 0 Å². The van der Waals surface area contributed by atoms with Gasteiger partial charge in [0.25, 0.3) is 11.8 Å². The summed E-state index contributed by atoms with van der Waals surface area (Å²) in [6.07, 6.45) is -9.38. The lowest BCUT2D eigenvalue weighted by molar-refractivity contribution is -0.138. The van der Waals surface area contributed by atoms with Crippen molar-refractivity contribution in [2.75, 3.05) is 10.6 Å². The molecule has 0 heterocycles. The van der Waals surface area contributed by atoms with E-state index < -0.39 is 35.3 Å². The number of nitrogens with one attached hydrogen (secondary N) is 2. The molecule has 3 rings (SSSR count). The van der Waals surface area contributed by atoms with Crippen LogP contribution in [0.2, 0.25) is 10.0 Å². The van der Waals surface area contributed by atoms with Gasteiger partial charge in [-0.3, -0.25) is 9.59 Å². The van der Waals surface area contributed by atoms with Crippen molar-refractivity contribution >= 4 is 46.4 Å². The van der Waals surface area contributed by atoms with Crippen molar-refractivity contribution < 1.29 is 35.9 Å². The first-order chi connectivity index (χ1) is 15.8. The van der Waals surface area contributed by atoms with Gasteiger partial charge in [-0.1, -0.05) is 35.3 Å². The van der Waals surface area contributed by atoms with Crippen LogP contribution in [0.15, 0.2) is 60.7 Å². The quantitative estimate of drug-likeness (QED) is 0.349. The van der Waals surface area contributed by atoms with E-state index in [9.17, 15) is 35.9 Å². The molecule has 0 saturated heterocycles. The molecule has 0 unspecified atom stereocenters. The number of halogens is 8. The van der Waals surface area contributed by atoms with E-state index in [0.717, 1.165) is 24.3 Å². The van der Waals surface area contributed by atoms with Gasteiger partial charge in [-0.2, -0.15) is 26.3 Å². The smallest absolute Gasteiger partial charge is 0.321 e. The van der Waals surface area contributed by atoms with Gasteiger partial charge in [-0.25, -0.2) is 0 Å². The normalized spacial score (nSPS) is 11.8. The van der Waals surface area contributed by atoms with E-state index in [4.69, 9.17) is 23.2 Å². The van der Waals surface area contributed by atoms with Gasteiger partial charge in [-0.15, -0.1) is 0 Å². The molecule has 178 valence electrons. The Labute approximate surface area is 198 Å². The van der Waals surface area contributed by atoms with Crippen molar-refractivity contribution in [3.63, 3.8) is 0 Å². The molecular weight excluding hydrogens is 509 g/mol. The van der Waals surface area contributed by atoms with E-state index in [2.05, 4.69) is 10.6 Å². The van der Waals surface area contributed by atoms with Crippen molar-refractivity contribution in [2.45, 2.75) is 12.4 Å². The minimum atomic E-state index is -4.69. The number of hydrogen-bond acceptors (Lipinski definition) is 2. The van der Waals surface area contributed by atoms with E-state index in [1.165, 1.54) is 24.3 Å². The number of anilines is 2. The zero-order valence-corrected chi connectivity index (χ0v) is 18.1. The van der Waals surface area contributed by atoms with Gasteiger partial charge in [-0.05, 0) is 48.5 Å². The molecule has 34 heavy (non-hydrogen) atoms. The number of benzene rings is 3. The van der Waals surface area contributed by atoms with Crippen molar-refractivity contribution in [3.8, 4) is 0 Å². The minimum Gasteiger partial charge on any atom is -0.321 e. The Morgan fingerprint density at radius 3 is 1.29 bits per heavy atom. The first kappa shape index (κ1) is 25.4. The van der Waals surface area contributed by atoms with Gasteiger partial charge in [0.2, 0.25) is 0 Å². The summed E-state index contributed by atoms with van der Waals surface area (Å²) in [6, 6.07) is 9.82. The summed E-state index contributed by atoms with van der Waals surface area (Å²) < 4.78 is 77.9. The summed E-state index contributed by atoms with van der Waals surface area (Å²) >= 11 is 11.8. The molecule has 2 N–H and O–H groups in total. The average molecular weight is 521 g/mol. The van der Waals surface area contributed by atoms with Gasteiger partial charge in [0.15, 0.2) is 0 Å². The molecule has 0 aliphatic carbocycles. The molecule has 3 aromatic carbocycles. The van der Waals surface area contributed by atoms with Crippen LogP contribution in [0.5, 0.6) is 0 Å². The summed E-state index contributed by atoms with van der Waals surface area (Å²) in [5, 5.41) is 4.06. The van der Waals surface area contributed by atoms with E-state index in [-0.39, 0.29) is 32.5 Å². The topological polar surface area (TPSA) is 58.2 Å². The van der Waals surface area contributed by atoms with E-state index in [1.807, 2.05) is 0 Å².